The number of hydrogen-bond acceptors (Lipinski definition) is 3. The monoisotopic (exact) mass is 273 g/mol. The highest BCUT2D eigenvalue weighted by Gasteiger charge is 2.34. The molecule has 110 valence electrons. The number of pyridine rings is 1. The van der Waals surface area contributed by atoms with Gasteiger partial charge in [0.15, 0.2) is 0 Å². The van der Waals surface area contributed by atoms with Gasteiger partial charge in [0.25, 0.3) is 0 Å². The Bertz CT molecular complexity index is 450. The van der Waals surface area contributed by atoms with Gasteiger partial charge in [-0.25, -0.2) is 4.98 Å². The Balaban J connectivity index is 1.72. The SMILES string of the molecule is CCCNCc1cc(C)nc(N(CC2CC2)C2CC2)c1. The average Bonchev–Trinajstić information content (AvgIpc) is 3.28. The topological polar surface area (TPSA) is 28.2 Å². The molecule has 2 aliphatic rings. The van der Waals surface area contributed by atoms with E-state index in [1.165, 1.54) is 50.0 Å². The van der Waals surface area contributed by atoms with Crippen molar-refractivity contribution in [3.05, 3.63) is 23.4 Å². The van der Waals surface area contributed by atoms with Crippen LogP contribution in [0.5, 0.6) is 0 Å². The van der Waals surface area contributed by atoms with E-state index in [4.69, 9.17) is 4.98 Å². The summed E-state index contributed by atoms with van der Waals surface area (Å²) in [7, 11) is 0. The van der Waals surface area contributed by atoms with E-state index in [1.807, 2.05) is 0 Å². The highest BCUT2D eigenvalue weighted by Crippen LogP contribution is 2.37. The van der Waals surface area contributed by atoms with Crippen molar-refractivity contribution in [3.63, 3.8) is 0 Å². The predicted octanol–water partition coefficient (Wildman–Crippen LogP) is 3.27. The van der Waals surface area contributed by atoms with E-state index in [2.05, 4.69) is 36.2 Å². The van der Waals surface area contributed by atoms with E-state index in [-0.39, 0.29) is 0 Å². The molecule has 2 fully saturated rings. The van der Waals surface area contributed by atoms with E-state index in [9.17, 15) is 0 Å². The number of nitrogens with zero attached hydrogens (tertiary/aromatic N) is 2. The second kappa shape index (κ2) is 6.13. The lowest BCUT2D eigenvalue weighted by Crippen LogP contribution is -2.29. The fourth-order valence-electron chi connectivity index (χ4n) is 2.77. The van der Waals surface area contributed by atoms with Gasteiger partial charge in [-0.2, -0.15) is 0 Å². The third-order valence-electron chi connectivity index (χ3n) is 4.19. The van der Waals surface area contributed by atoms with Crippen molar-refractivity contribution in [2.24, 2.45) is 5.92 Å². The van der Waals surface area contributed by atoms with Gasteiger partial charge < -0.3 is 10.2 Å². The quantitative estimate of drug-likeness (QED) is 0.737. The van der Waals surface area contributed by atoms with Crippen molar-refractivity contribution in [2.75, 3.05) is 18.0 Å². The second-order valence-corrected chi connectivity index (χ2v) is 6.48. The number of aromatic nitrogens is 1. The summed E-state index contributed by atoms with van der Waals surface area (Å²) < 4.78 is 0. The molecule has 0 unspecified atom stereocenters. The van der Waals surface area contributed by atoms with Gasteiger partial charge in [0.2, 0.25) is 0 Å². The minimum absolute atomic E-state index is 0.765. The molecule has 0 spiro atoms. The molecule has 20 heavy (non-hydrogen) atoms. The molecule has 1 heterocycles. The Labute approximate surface area is 122 Å². The minimum atomic E-state index is 0.765. The highest BCUT2D eigenvalue weighted by molar-refractivity contribution is 5.45. The average molecular weight is 273 g/mol. The molecule has 1 aromatic heterocycles. The zero-order valence-corrected chi connectivity index (χ0v) is 12.9. The molecule has 0 atom stereocenters. The van der Waals surface area contributed by atoms with Crippen LogP contribution in [0.3, 0.4) is 0 Å². The van der Waals surface area contributed by atoms with Crippen LogP contribution in [0, 0.1) is 12.8 Å². The van der Waals surface area contributed by atoms with Gasteiger partial charge in [0.05, 0.1) is 0 Å². The van der Waals surface area contributed by atoms with Gasteiger partial charge >= 0.3 is 0 Å². The van der Waals surface area contributed by atoms with Crippen LogP contribution in [0.1, 0.15) is 50.3 Å². The molecule has 3 rings (SSSR count). The molecule has 3 nitrogen and oxygen atoms in total. The standard InChI is InChI=1S/C17H27N3/c1-3-8-18-11-15-9-13(2)19-17(10-15)20(16-6-7-16)12-14-4-5-14/h9-10,14,16,18H,3-8,11-12H2,1-2H3. The van der Waals surface area contributed by atoms with Crippen LogP contribution in [0.25, 0.3) is 0 Å². The largest absolute Gasteiger partial charge is 0.353 e. The van der Waals surface area contributed by atoms with Gasteiger partial charge in [-0.1, -0.05) is 6.92 Å². The fourth-order valence-corrected chi connectivity index (χ4v) is 2.77. The Morgan fingerprint density at radius 2 is 2.05 bits per heavy atom. The van der Waals surface area contributed by atoms with Crippen LogP contribution in [-0.2, 0) is 6.54 Å². The Hall–Kier alpha value is -1.09. The van der Waals surface area contributed by atoms with Crippen LogP contribution >= 0.6 is 0 Å². The summed E-state index contributed by atoms with van der Waals surface area (Å²) in [5.74, 6) is 2.15. The molecule has 2 saturated carbocycles. The third kappa shape index (κ3) is 3.72. The molecule has 1 N–H and O–H groups in total. The summed E-state index contributed by atoms with van der Waals surface area (Å²) in [5, 5.41) is 3.50. The fraction of sp³-hybridized carbons (Fsp3) is 0.706. The summed E-state index contributed by atoms with van der Waals surface area (Å²) >= 11 is 0. The summed E-state index contributed by atoms with van der Waals surface area (Å²) in [4.78, 5) is 7.38. The van der Waals surface area contributed by atoms with Crippen molar-refractivity contribution < 1.29 is 0 Å². The number of hydrogen-bond donors (Lipinski definition) is 1. The van der Waals surface area contributed by atoms with E-state index >= 15 is 0 Å². The number of anilines is 1. The maximum absolute atomic E-state index is 4.80. The lowest BCUT2D eigenvalue weighted by Gasteiger charge is -2.24. The normalized spacial score (nSPS) is 18.3. The van der Waals surface area contributed by atoms with Crippen molar-refractivity contribution in [3.8, 4) is 0 Å². The lowest BCUT2D eigenvalue weighted by molar-refractivity contribution is 0.671. The van der Waals surface area contributed by atoms with Crippen molar-refractivity contribution in [2.45, 2.75) is 58.5 Å². The van der Waals surface area contributed by atoms with E-state index in [0.29, 0.717) is 0 Å². The summed E-state index contributed by atoms with van der Waals surface area (Å²) in [6.07, 6.45) is 6.73. The van der Waals surface area contributed by atoms with Crippen LogP contribution in [0.15, 0.2) is 12.1 Å². The smallest absolute Gasteiger partial charge is 0.129 e. The van der Waals surface area contributed by atoms with Crippen molar-refractivity contribution in [1.29, 1.82) is 0 Å². The zero-order valence-electron chi connectivity index (χ0n) is 12.9. The van der Waals surface area contributed by atoms with Crippen LogP contribution in [-0.4, -0.2) is 24.1 Å². The summed E-state index contributed by atoms with van der Waals surface area (Å²) in [6, 6.07) is 5.28. The van der Waals surface area contributed by atoms with Crippen molar-refractivity contribution >= 4 is 5.82 Å². The maximum atomic E-state index is 4.80. The molecular weight excluding hydrogens is 246 g/mol. The Morgan fingerprint density at radius 1 is 1.25 bits per heavy atom. The van der Waals surface area contributed by atoms with Gasteiger partial charge in [-0.3, -0.25) is 0 Å². The van der Waals surface area contributed by atoms with E-state index < -0.39 is 0 Å². The molecule has 1 aromatic rings. The molecule has 0 aromatic carbocycles. The van der Waals surface area contributed by atoms with Gasteiger partial charge in [0.1, 0.15) is 5.82 Å². The van der Waals surface area contributed by atoms with E-state index in [1.54, 1.807) is 0 Å². The van der Waals surface area contributed by atoms with Gasteiger partial charge in [-0.05, 0) is 69.2 Å². The Kier molecular flexibility index (Phi) is 4.25. The number of aryl methyl sites for hydroxylation is 1. The molecule has 2 aliphatic carbocycles. The summed E-state index contributed by atoms with van der Waals surface area (Å²) in [5.41, 5.74) is 2.53. The Morgan fingerprint density at radius 3 is 2.70 bits per heavy atom. The van der Waals surface area contributed by atoms with Gasteiger partial charge in [0, 0.05) is 24.8 Å². The molecule has 3 heteroatoms. The number of nitrogens with one attached hydrogen (secondary N) is 1. The molecular formula is C17H27N3. The first-order valence-corrected chi connectivity index (χ1v) is 8.21. The van der Waals surface area contributed by atoms with Crippen LogP contribution in [0.2, 0.25) is 0 Å². The molecule has 0 radical (unpaired) electrons. The zero-order chi connectivity index (χ0) is 13.9. The summed E-state index contributed by atoms with van der Waals surface area (Å²) in [6.45, 7) is 7.61. The first-order valence-electron chi connectivity index (χ1n) is 8.21. The molecule has 0 aliphatic heterocycles. The molecule has 0 bridgehead atoms. The highest BCUT2D eigenvalue weighted by atomic mass is 15.2. The minimum Gasteiger partial charge on any atom is -0.353 e. The molecule has 0 saturated heterocycles. The van der Waals surface area contributed by atoms with E-state index in [0.717, 1.165) is 30.7 Å². The van der Waals surface area contributed by atoms with Crippen molar-refractivity contribution in [1.82, 2.24) is 10.3 Å². The third-order valence-corrected chi connectivity index (χ3v) is 4.19. The maximum Gasteiger partial charge on any atom is 0.129 e. The van der Waals surface area contributed by atoms with Gasteiger partial charge in [-0.15, -0.1) is 0 Å². The van der Waals surface area contributed by atoms with Crippen LogP contribution < -0.4 is 10.2 Å². The predicted molar refractivity (Wildman–Crippen MR) is 84.1 cm³/mol. The lowest BCUT2D eigenvalue weighted by atomic mass is 10.2. The molecule has 0 amide bonds. The first-order chi connectivity index (χ1) is 9.76. The second-order valence-electron chi connectivity index (χ2n) is 6.48. The van der Waals surface area contributed by atoms with Crippen LogP contribution in [0.4, 0.5) is 5.82 Å². The first kappa shape index (κ1) is 13.9. The number of rotatable bonds is 8.